The highest BCUT2D eigenvalue weighted by atomic mass is 32.2. The van der Waals surface area contributed by atoms with Crippen molar-refractivity contribution in [2.75, 3.05) is 25.5 Å². The van der Waals surface area contributed by atoms with E-state index in [9.17, 15) is 13.2 Å². The van der Waals surface area contributed by atoms with E-state index in [-0.39, 0.29) is 17.3 Å². The van der Waals surface area contributed by atoms with E-state index in [4.69, 9.17) is 4.74 Å². The number of piperidine rings is 1. The Hall–Kier alpha value is -2.39. The van der Waals surface area contributed by atoms with Crippen molar-refractivity contribution < 1.29 is 17.9 Å². The van der Waals surface area contributed by atoms with Crippen molar-refractivity contribution in [2.45, 2.75) is 52.0 Å². The van der Waals surface area contributed by atoms with Gasteiger partial charge in [0.1, 0.15) is 17.2 Å². The number of hydrogen-bond donors (Lipinski definition) is 1. The molecule has 164 valence electrons. The van der Waals surface area contributed by atoms with Crippen molar-refractivity contribution in [1.82, 2.24) is 14.1 Å². The molecule has 2 heterocycles. The van der Waals surface area contributed by atoms with E-state index in [0.29, 0.717) is 41.8 Å². The van der Waals surface area contributed by atoms with Gasteiger partial charge in [0.2, 0.25) is 15.9 Å². The molecule has 0 aliphatic carbocycles. The van der Waals surface area contributed by atoms with Crippen molar-refractivity contribution in [2.24, 2.45) is 5.92 Å². The van der Waals surface area contributed by atoms with Crippen LogP contribution in [0, 0.1) is 26.7 Å². The zero-order valence-electron chi connectivity index (χ0n) is 18.2. The zero-order chi connectivity index (χ0) is 22.1. The monoisotopic (exact) mass is 434 g/mol. The molecule has 0 saturated carbocycles. The van der Waals surface area contributed by atoms with Gasteiger partial charge >= 0.3 is 0 Å². The minimum atomic E-state index is -3.64. The number of amides is 1. The van der Waals surface area contributed by atoms with Crippen molar-refractivity contribution in [3.05, 3.63) is 35.2 Å². The van der Waals surface area contributed by atoms with Crippen LogP contribution in [0.2, 0.25) is 0 Å². The second-order valence-electron chi connectivity index (χ2n) is 8.00. The van der Waals surface area contributed by atoms with Crippen LogP contribution in [0.25, 0.3) is 0 Å². The topological polar surface area (TPSA) is 93.5 Å². The fourth-order valence-corrected chi connectivity index (χ4v) is 5.65. The summed E-state index contributed by atoms with van der Waals surface area (Å²) in [7, 11) is -2.10. The van der Waals surface area contributed by atoms with E-state index < -0.39 is 10.0 Å². The number of anilines is 1. The molecule has 1 aliphatic rings. The summed E-state index contributed by atoms with van der Waals surface area (Å²) in [6.07, 6.45) is 1.71. The van der Waals surface area contributed by atoms with Gasteiger partial charge in [-0.3, -0.25) is 9.48 Å². The van der Waals surface area contributed by atoms with E-state index in [2.05, 4.69) is 17.3 Å². The number of methoxy groups -OCH3 is 1. The van der Waals surface area contributed by atoms with Gasteiger partial charge in [0.05, 0.1) is 24.2 Å². The van der Waals surface area contributed by atoms with Gasteiger partial charge in [-0.1, -0.05) is 13.0 Å². The highest BCUT2D eigenvalue weighted by Gasteiger charge is 2.33. The maximum atomic E-state index is 13.2. The first-order chi connectivity index (χ1) is 14.1. The summed E-state index contributed by atoms with van der Waals surface area (Å²) in [5.41, 5.74) is 2.44. The van der Waals surface area contributed by atoms with Crippen molar-refractivity contribution in [3.63, 3.8) is 0 Å². The van der Waals surface area contributed by atoms with E-state index in [0.717, 1.165) is 18.4 Å². The zero-order valence-corrected chi connectivity index (χ0v) is 19.0. The largest absolute Gasteiger partial charge is 0.495 e. The number of carbonyl (C=O) groups excluding carboxylic acids is 1. The maximum absolute atomic E-state index is 13.2. The molecule has 0 unspecified atom stereocenters. The second kappa shape index (κ2) is 8.77. The Kier molecular flexibility index (Phi) is 6.52. The molecule has 30 heavy (non-hydrogen) atoms. The molecule has 1 aromatic heterocycles. The molecule has 0 radical (unpaired) electrons. The molecule has 9 heteroatoms. The molecule has 0 spiro atoms. The predicted octanol–water partition coefficient (Wildman–Crippen LogP) is 2.88. The smallest absolute Gasteiger partial charge is 0.246 e. The van der Waals surface area contributed by atoms with E-state index in [1.54, 1.807) is 27.0 Å². The van der Waals surface area contributed by atoms with Crippen molar-refractivity contribution in [3.8, 4) is 5.75 Å². The lowest BCUT2D eigenvalue weighted by Gasteiger charge is -2.29. The lowest BCUT2D eigenvalue weighted by Crippen LogP contribution is -2.38. The average molecular weight is 435 g/mol. The molecule has 1 amide bonds. The standard InChI is InChI=1S/C21H30N4O4S/c1-14-8-10-24(11-9-14)30(27,28)21-16(3)23-25(17(21)4)13-20(26)22-18-12-15(2)6-7-19(18)29-5/h6-7,12,14H,8-11,13H2,1-5H3,(H,22,26). The quantitative estimate of drug-likeness (QED) is 0.755. The van der Waals surface area contributed by atoms with Crippen molar-refractivity contribution >= 4 is 21.6 Å². The first-order valence-corrected chi connectivity index (χ1v) is 11.6. The molecule has 3 rings (SSSR count). The Bertz CT molecular complexity index is 1040. The van der Waals surface area contributed by atoms with Crippen LogP contribution in [0.1, 0.15) is 36.7 Å². The van der Waals surface area contributed by atoms with Crippen LogP contribution in [-0.4, -0.2) is 48.6 Å². The predicted molar refractivity (Wildman–Crippen MR) is 115 cm³/mol. The summed E-state index contributed by atoms with van der Waals surface area (Å²) in [5.74, 6) is 0.786. The molecule has 1 aromatic carbocycles. The van der Waals surface area contributed by atoms with Gasteiger partial charge in [0.15, 0.2) is 0 Å². The number of sulfonamides is 1. The number of nitrogens with zero attached hydrogens (tertiary/aromatic N) is 3. The van der Waals surface area contributed by atoms with Crippen LogP contribution in [0.15, 0.2) is 23.1 Å². The summed E-state index contributed by atoms with van der Waals surface area (Å²) in [6, 6.07) is 5.51. The average Bonchev–Trinajstić information content (AvgIpc) is 2.96. The normalized spacial score (nSPS) is 15.9. The minimum absolute atomic E-state index is 0.0870. The van der Waals surface area contributed by atoms with Gasteiger partial charge in [-0.05, 0) is 57.2 Å². The Labute approximate surface area is 178 Å². The number of nitrogens with one attached hydrogen (secondary N) is 1. The highest BCUT2D eigenvalue weighted by Crippen LogP contribution is 2.28. The van der Waals surface area contributed by atoms with Gasteiger partial charge in [0.25, 0.3) is 0 Å². The first-order valence-electron chi connectivity index (χ1n) is 10.1. The fourth-order valence-electron chi connectivity index (χ4n) is 3.81. The number of ether oxygens (including phenoxy) is 1. The molecule has 0 bridgehead atoms. The lowest BCUT2D eigenvalue weighted by molar-refractivity contribution is -0.117. The van der Waals surface area contributed by atoms with Crippen LogP contribution in [0.3, 0.4) is 0 Å². The van der Waals surface area contributed by atoms with E-state index in [1.165, 1.54) is 8.99 Å². The number of aromatic nitrogens is 2. The first kappa shape index (κ1) is 22.3. The van der Waals surface area contributed by atoms with Crippen molar-refractivity contribution in [1.29, 1.82) is 0 Å². The molecule has 1 fully saturated rings. The van der Waals surface area contributed by atoms with Gasteiger partial charge in [-0.25, -0.2) is 8.42 Å². The van der Waals surface area contributed by atoms with Gasteiger partial charge in [-0.2, -0.15) is 9.40 Å². The summed E-state index contributed by atoms with van der Waals surface area (Å²) in [6.45, 7) is 8.37. The van der Waals surface area contributed by atoms with Crippen LogP contribution < -0.4 is 10.1 Å². The van der Waals surface area contributed by atoms with E-state index >= 15 is 0 Å². The summed E-state index contributed by atoms with van der Waals surface area (Å²) >= 11 is 0. The Morgan fingerprint density at radius 2 is 1.90 bits per heavy atom. The number of hydrogen-bond acceptors (Lipinski definition) is 5. The maximum Gasteiger partial charge on any atom is 0.246 e. The Morgan fingerprint density at radius 3 is 2.53 bits per heavy atom. The fraction of sp³-hybridized carbons (Fsp3) is 0.524. The van der Waals surface area contributed by atoms with Gasteiger partial charge in [0, 0.05) is 13.1 Å². The molecular weight excluding hydrogens is 404 g/mol. The molecule has 8 nitrogen and oxygen atoms in total. The third-order valence-electron chi connectivity index (χ3n) is 5.58. The minimum Gasteiger partial charge on any atom is -0.495 e. The second-order valence-corrected chi connectivity index (χ2v) is 9.87. The molecule has 1 aliphatic heterocycles. The van der Waals surface area contributed by atoms with Crippen LogP contribution >= 0.6 is 0 Å². The number of rotatable bonds is 6. The Balaban J connectivity index is 1.80. The summed E-state index contributed by atoms with van der Waals surface area (Å²) < 4.78 is 34.7. The van der Waals surface area contributed by atoms with E-state index in [1.807, 2.05) is 19.1 Å². The number of benzene rings is 1. The molecular formula is C21H30N4O4S. The summed E-state index contributed by atoms with van der Waals surface area (Å²) in [5, 5.41) is 7.18. The highest BCUT2D eigenvalue weighted by molar-refractivity contribution is 7.89. The third kappa shape index (κ3) is 4.52. The molecule has 1 saturated heterocycles. The molecule has 2 aromatic rings. The third-order valence-corrected chi connectivity index (χ3v) is 7.73. The summed E-state index contributed by atoms with van der Waals surface area (Å²) in [4.78, 5) is 12.8. The van der Waals surface area contributed by atoms with Crippen LogP contribution in [0.5, 0.6) is 5.75 Å². The molecule has 0 atom stereocenters. The number of aryl methyl sites for hydroxylation is 2. The van der Waals surface area contributed by atoms with Gasteiger partial charge < -0.3 is 10.1 Å². The lowest BCUT2D eigenvalue weighted by atomic mass is 10.0. The van der Waals surface area contributed by atoms with Gasteiger partial charge in [-0.15, -0.1) is 0 Å². The molecule has 1 N–H and O–H groups in total. The van der Waals surface area contributed by atoms with Crippen LogP contribution in [0.4, 0.5) is 5.69 Å². The SMILES string of the molecule is COc1ccc(C)cc1NC(=O)Cn1nc(C)c(S(=O)(=O)N2CCC(C)CC2)c1C. The number of carbonyl (C=O) groups is 1. The Morgan fingerprint density at radius 1 is 1.23 bits per heavy atom. The van der Waals surface area contributed by atoms with Crippen LogP contribution in [-0.2, 0) is 21.4 Å².